The second-order valence-electron chi connectivity index (χ2n) is 5.23. The van der Waals surface area contributed by atoms with Crippen LogP contribution >= 0.6 is 22.9 Å². The van der Waals surface area contributed by atoms with Crippen molar-refractivity contribution in [3.63, 3.8) is 0 Å². The summed E-state index contributed by atoms with van der Waals surface area (Å²) in [4.78, 5) is 16.4. The largest absolute Gasteiger partial charge is 0.347 e. The zero-order valence-electron chi connectivity index (χ0n) is 13.3. The summed E-state index contributed by atoms with van der Waals surface area (Å²) >= 11 is 7.08. The number of halogens is 1. The summed E-state index contributed by atoms with van der Waals surface area (Å²) in [5.41, 5.74) is 0.913. The first-order chi connectivity index (χ1) is 12.5. The lowest BCUT2D eigenvalue weighted by Gasteiger charge is -2.05. The molecule has 6 nitrogen and oxygen atoms in total. The molecule has 0 spiro atoms. The fourth-order valence-electron chi connectivity index (χ4n) is 2.11. The monoisotopic (exact) mass is 407 g/mol. The van der Waals surface area contributed by atoms with Gasteiger partial charge in [-0.3, -0.25) is 9.52 Å². The molecule has 1 heterocycles. The van der Waals surface area contributed by atoms with E-state index in [2.05, 4.69) is 15.0 Å². The van der Waals surface area contributed by atoms with Crippen LogP contribution in [0.1, 0.15) is 16.1 Å². The van der Waals surface area contributed by atoms with Gasteiger partial charge in [0, 0.05) is 16.9 Å². The Kier molecular flexibility index (Phi) is 5.55. The molecule has 9 heteroatoms. The minimum absolute atomic E-state index is 0.122. The molecule has 0 aliphatic carbocycles. The number of amides is 1. The van der Waals surface area contributed by atoms with E-state index in [-0.39, 0.29) is 22.3 Å². The molecule has 0 radical (unpaired) electrons. The predicted octanol–water partition coefficient (Wildman–Crippen LogP) is 3.53. The van der Waals surface area contributed by atoms with Crippen LogP contribution in [0.4, 0.5) is 5.13 Å². The first kappa shape index (κ1) is 18.4. The van der Waals surface area contributed by atoms with Gasteiger partial charge in [-0.25, -0.2) is 13.4 Å². The highest BCUT2D eigenvalue weighted by Gasteiger charge is 2.17. The van der Waals surface area contributed by atoms with E-state index in [4.69, 9.17) is 11.6 Å². The van der Waals surface area contributed by atoms with E-state index in [0.29, 0.717) is 5.02 Å². The SMILES string of the molecule is O=C(NCc1ccccc1Cl)c1csc(NS(=O)(=O)c2ccccc2)n1. The molecule has 0 saturated carbocycles. The molecule has 1 aromatic heterocycles. The van der Waals surface area contributed by atoms with E-state index < -0.39 is 15.9 Å². The number of hydrogen-bond donors (Lipinski definition) is 2. The number of benzene rings is 2. The summed E-state index contributed by atoms with van der Waals surface area (Å²) in [6.45, 7) is 0.251. The van der Waals surface area contributed by atoms with E-state index in [0.717, 1.165) is 16.9 Å². The smallest absolute Gasteiger partial charge is 0.271 e. The van der Waals surface area contributed by atoms with E-state index in [1.54, 1.807) is 30.3 Å². The molecule has 2 N–H and O–H groups in total. The second kappa shape index (κ2) is 7.86. The molecule has 1 amide bonds. The summed E-state index contributed by atoms with van der Waals surface area (Å²) in [6.07, 6.45) is 0. The van der Waals surface area contributed by atoms with Crippen LogP contribution in [-0.2, 0) is 16.6 Å². The Morgan fingerprint density at radius 3 is 2.50 bits per heavy atom. The highest BCUT2D eigenvalue weighted by molar-refractivity contribution is 7.93. The van der Waals surface area contributed by atoms with E-state index >= 15 is 0 Å². The number of nitrogens with one attached hydrogen (secondary N) is 2. The van der Waals surface area contributed by atoms with Crippen molar-refractivity contribution in [2.45, 2.75) is 11.4 Å². The number of carbonyl (C=O) groups excluding carboxylic acids is 1. The lowest BCUT2D eigenvalue weighted by Crippen LogP contribution is -2.23. The van der Waals surface area contributed by atoms with Gasteiger partial charge in [0.05, 0.1) is 4.90 Å². The zero-order valence-corrected chi connectivity index (χ0v) is 15.7. The highest BCUT2D eigenvalue weighted by atomic mass is 35.5. The quantitative estimate of drug-likeness (QED) is 0.654. The van der Waals surface area contributed by atoms with Gasteiger partial charge in [-0.2, -0.15) is 0 Å². The predicted molar refractivity (Wildman–Crippen MR) is 102 cm³/mol. The van der Waals surface area contributed by atoms with Gasteiger partial charge in [0.25, 0.3) is 15.9 Å². The number of hydrogen-bond acceptors (Lipinski definition) is 5. The van der Waals surface area contributed by atoms with E-state index in [9.17, 15) is 13.2 Å². The number of carbonyl (C=O) groups is 1. The van der Waals surface area contributed by atoms with Gasteiger partial charge in [0.15, 0.2) is 5.13 Å². The van der Waals surface area contributed by atoms with Gasteiger partial charge >= 0.3 is 0 Å². The molecule has 0 saturated heterocycles. The third-order valence-electron chi connectivity index (χ3n) is 3.41. The lowest BCUT2D eigenvalue weighted by atomic mass is 10.2. The van der Waals surface area contributed by atoms with Crippen molar-refractivity contribution in [2.24, 2.45) is 0 Å². The van der Waals surface area contributed by atoms with E-state index in [1.165, 1.54) is 17.5 Å². The maximum Gasteiger partial charge on any atom is 0.271 e. The number of aromatic nitrogens is 1. The lowest BCUT2D eigenvalue weighted by molar-refractivity contribution is 0.0946. The van der Waals surface area contributed by atoms with Crippen molar-refractivity contribution in [1.29, 1.82) is 0 Å². The van der Waals surface area contributed by atoms with Crippen LogP contribution in [0, 0.1) is 0 Å². The Hall–Kier alpha value is -2.42. The maximum absolute atomic E-state index is 12.3. The highest BCUT2D eigenvalue weighted by Crippen LogP contribution is 2.20. The number of rotatable bonds is 6. The molecule has 26 heavy (non-hydrogen) atoms. The Balaban J connectivity index is 1.66. The van der Waals surface area contributed by atoms with Crippen molar-refractivity contribution in [2.75, 3.05) is 4.72 Å². The molecule has 3 rings (SSSR count). The fourth-order valence-corrected chi connectivity index (χ4v) is 4.27. The summed E-state index contributed by atoms with van der Waals surface area (Å²) in [6, 6.07) is 15.1. The summed E-state index contributed by atoms with van der Waals surface area (Å²) in [7, 11) is -3.74. The van der Waals surface area contributed by atoms with Crippen LogP contribution < -0.4 is 10.0 Å². The van der Waals surface area contributed by atoms with Crippen LogP contribution in [0.15, 0.2) is 64.9 Å². The van der Waals surface area contributed by atoms with E-state index in [1.807, 2.05) is 12.1 Å². The van der Waals surface area contributed by atoms with Gasteiger partial charge in [-0.05, 0) is 23.8 Å². The van der Waals surface area contributed by atoms with Crippen molar-refractivity contribution in [1.82, 2.24) is 10.3 Å². The molecule has 0 fully saturated rings. The van der Waals surface area contributed by atoms with Gasteiger partial charge in [-0.1, -0.05) is 48.0 Å². The van der Waals surface area contributed by atoms with Gasteiger partial charge in [0.1, 0.15) is 5.69 Å². The number of thiazole rings is 1. The molecule has 0 atom stereocenters. The third kappa shape index (κ3) is 4.40. The fraction of sp³-hybridized carbons (Fsp3) is 0.0588. The first-order valence-corrected chi connectivity index (χ1v) is 10.2. The zero-order chi connectivity index (χ0) is 18.6. The Morgan fingerprint density at radius 1 is 1.08 bits per heavy atom. The standard InChI is InChI=1S/C17H14ClN3O3S2/c18-14-9-5-4-6-12(14)10-19-16(22)15-11-25-17(20-15)21-26(23,24)13-7-2-1-3-8-13/h1-9,11H,10H2,(H,19,22)(H,20,21). The van der Waals surface area contributed by atoms with Crippen molar-refractivity contribution in [3.05, 3.63) is 76.3 Å². The van der Waals surface area contributed by atoms with Crippen LogP contribution in [0.5, 0.6) is 0 Å². The molecule has 0 aliphatic rings. The normalized spacial score (nSPS) is 11.1. The van der Waals surface area contributed by atoms with Crippen molar-refractivity contribution >= 4 is 44.0 Å². The minimum atomic E-state index is -3.74. The third-order valence-corrected chi connectivity index (χ3v) is 6.02. The summed E-state index contributed by atoms with van der Waals surface area (Å²) in [5.74, 6) is -0.411. The molecule has 2 aromatic carbocycles. The molecule has 0 bridgehead atoms. The van der Waals surface area contributed by atoms with Crippen LogP contribution in [0.2, 0.25) is 5.02 Å². The van der Waals surface area contributed by atoms with Gasteiger partial charge in [0.2, 0.25) is 0 Å². The van der Waals surface area contributed by atoms with Crippen molar-refractivity contribution < 1.29 is 13.2 Å². The first-order valence-electron chi connectivity index (χ1n) is 7.51. The maximum atomic E-state index is 12.3. The van der Waals surface area contributed by atoms with Crippen LogP contribution in [0.25, 0.3) is 0 Å². The van der Waals surface area contributed by atoms with Gasteiger partial charge in [-0.15, -0.1) is 11.3 Å². The Morgan fingerprint density at radius 2 is 1.77 bits per heavy atom. The minimum Gasteiger partial charge on any atom is -0.347 e. The topological polar surface area (TPSA) is 88.2 Å². The second-order valence-corrected chi connectivity index (χ2v) is 8.18. The number of sulfonamides is 1. The molecular weight excluding hydrogens is 394 g/mol. The number of anilines is 1. The molecular formula is C17H14ClN3O3S2. The molecule has 0 aliphatic heterocycles. The summed E-state index contributed by atoms with van der Waals surface area (Å²) < 4.78 is 26.9. The number of nitrogens with zero attached hydrogens (tertiary/aromatic N) is 1. The molecule has 3 aromatic rings. The Labute approximate surface area is 159 Å². The van der Waals surface area contributed by atoms with Crippen LogP contribution in [-0.4, -0.2) is 19.3 Å². The van der Waals surface area contributed by atoms with Crippen molar-refractivity contribution in [3.8, 4) is 0 Å². The van der Waals surface area contributed by atoms with Gasteiger partial charge < -0.3 is 5.32 Å². The molecule has 0 unspecified atom stereocenters. The average molecular weight is 408 g/mol. The molecule has 134 valence electrons. The van der Waals surface area contributed by atoms with Crippen LogP contribution in [0.3, 0.4) is 0 Å². The Bertz CT molecular complexity index is 1020. The average Bonchev–Trinajstić information content (AvgIpc) is 3.09. The summed E-state index contributed by atoms with van der Waals surface area (Å²) in [5, 5.41) is 4.88.